The van der Waals surface area contributed by atoms with Crippen molar-refractivity contribution in [2.45, 2.75) is 25.7 Å². The first-order valence-electron chi connectivity index (χ1n) is 7.61. The predicted molar refractivity (Wildman–Crippen MR) is 82.5 cm³/mol. The second kappa shape index (κ2) is 5.89. The second-order valence-corrected chi connectivity index (χ2v) is 8.35. The first-order chi connectivity index (χ1) is 10.0. The number of rotatable bonds is 3. The molecular formula is C16H21NO3S. The average Bonchev–Trinajstić information content (AvgIpc) is 2.84. The molecule has 114 valence electrons. The Hall–Kier alpha value is -1.20. The number of hydrogen-bond donors (Lipinski definition) is 0. The highest BCUT2D eigenvalue weighted by molar-refractivity contribution is 7.91. The van der Waals surface area contributed by atoms with Crippen LogP contribution in [0.25, 0.3) is 0 Å². The van der Waals surface area contributed by atoms with Gasteiger partial charge in [0.25, 0.3) is 0 Å². The molecule has 21 heavy (non-hydrogen) atoms. The molecule has 0 N–H and O–H groups in total. The number of hydrogen-bond acceptors (Lipinski definition) is 4. The molecule has 1 aromatic carbocycles. The highest BCUT2D eigenvalue weighted by atomic mass is 32.2. The van der Waals surface area contributed by atoms with E-state index >= 15 is 0 Å². The smallest absolute Gasteiger partial charge is 0.176 e. The van der Waals surface area contributed by atoms with Crippen LogP contribution in [0.5, 0.6) is 0 Å². The van der Waals surface area contributed by atoms with Crippen LogP contribution in [0.2, 0.25) is 0 Å². The van der Waals surface area contributed by atoms with E-state index in [-0.39, 0.29) is 17.3 Å². The van der Waals surface area contributed by atoms with Gasteiger partial charge in [-0.2, -0.15) is 0 Å². The molecule has 1 fully saturated rings. The van der Waals surface area contributed by atoms with E-state index in [0.717, 1.165) is 18.4 Å². The van der Waals surface area contributed by atoms with Crippen LogP contribution in [-0.4, -0.2) is 50.2 Å². The third-order valence-electron chi connectivity index (χ3n) is 4.44. The molecule has 1 saturated heterocycles. The Bertz CT molecular complexity index is 651. The van der Waals surface area contributed by atoms with Crippen molar-refractivity contribution in [3.8, 4) is 0 Å². The van der Waals surface area contributed by atoms with Crippen LogP contribution in [-0.2, 0) is 22.7 Å². The third-order valence-corrected chi connectivity index (χ3v) is 6.15. The molecule has 0 aromatic heterocycles. The van der Waals surface area contributed by atoms with Gasteiger partial charge in [-0.05, 0) is 49.4 Å². The van der Waals surface area contributed by atoms with Gasteiger partial charge in [0.15, 0.2) is 15.6 Å². The number of ketones is 1. The fourth-order valence-electron chi connectivity index (χ4n) is 3.19. The maximum atomic E-state index is 12.4. The van der Waals surface area contributed by atoms with Crippen LogP contribution >= 0.6 is 0 Å². The summed E-state index contributed by atoms with van der Waals surface area (Å²) in [6.07, 6.45) is 3.99. The van der Waals surface area contributed by atoms with Crippen molar-refractivity contribution in [2.24, 2.45) is 0 Å². The molecule has 1 aliphatic heterocycles. The normalized spacial score (nSPS) is 21.7. The van der Waals surface area contributed by atoms with Gasteiger partial charge in [0.2, 0.25) is 0 Å². The molecule has 1 aliphatic carbocycles. The number of benzene rings is 1. The maximum Gasteiger partial charge on any atom is 0.176 e. The van der Waals surface area contributed by atoms with Gasteiger partial charge in [-0.1, -0.05) is 12.1 Å². The van der Waals surface area contributed by atoms with E-state index in [4.69, 9.17) is 0 Å². The molecule has 3 rings (SSSR count). The Morgan fingerprint density at radius 1 is 1.05 bits per heavy atom. The molecule has 2 aliphatic rings. The monoisotopic (exact) mass is 307 g/mol. The van der Waals surface area contributed by atoms with Crippen molar-refractivity contribution in [3.05, 3.63) is 34.9 Å². The van der Waals surface area contributed by atoms with Crippen LogP contribution in [0.3, 0.4) is 0 Å². The lowest BCUT2D eigenvalue weighted by molar-refractivity contribution is 0.0935. The van der Waals surface area contributed by atoms with Gasteiger partial charge < -0.3 is 0 Å². The van der Waals surface area contributed by atoms with Crippen molar-refractivity contribution < 1.29 is 13.2 Å². The third kappa shape index (κ3) is 3.52. The number of carbonyl (C=O) groups excluding carboxylic acids is 1. The quantitative estimate of drug-likeness (QED) is 0.794. The number of fused-ring (bicyclic) bond motifs is 1. The molecule has 0 spiro atoms. The summed E-state index contributed by atoms with van der Waals surface area (Å²) in [5.41, 5.74) is 3.44. The Labute approximate surface area is 126 Å². The summed E-state index contributed by atoms with van der Waals surface area (Å²) in [5.74, 6) is 0.519. The minimum atomic E-state index is -2.91. The van der Waals surface area contributed by atoms with Gasteiger partial charge in [0, 0.05) is 12.1 Å². The number of Topliss-reactive ketones (excluding diaryl/α,β-unsaturated/α-hetero) is 1. The number of nitrogens with zero attached hydrogens (tertiary/aromatic N) is 1. The van der Waals surface area contributed by atoms with Crippen LogP contribution in [0, 0.1) is 0 Å². The summed E-state index contributed by atoms with van der Waals surface area (Å²) in [7, 11) is -2.91. The van der Waals surface area contributed by atoms with E-state index in [1.165, 1.54) is 17.5 Å². The second-order valence-electron chi connectivity index (χ2n) is 6.04. The molecular weight excluding hydrogens is 286 g/mol. The van der Waals surface area contributed by atoms with Crippen molar-refractivity contribution in [3.63, 3.8) is 0 Å². The summed E-state index contributed by atoms with van der Waals surface area (Å²) in [6.45, 7) is 1.49. The van der Waals surface area contributed by atoms with E-state index in [1.807, 2.05) is 17.0 Å². The number of sulfone groups is 1. The molecule has 1 heterocycles. The van der Waals surface area contributed by atoms with E-state index < -0.39 is 9.84 Å². The number of carbonyl (C=O) groups is 1. The van der Waals surface area contributed by atoms with Gasteiger partial charge in [-0.3, -0.25) is 9.69 Å². The van der Waals surface area contributed by atoms with E-state index in [1.54, 1.807) is 0 Å². The molecule has 0 amide bonds. The predicted octanol–water partition coefficient (Wildman–Crippen LogP) is 1.48. The minimum Gasteiger partial charge on any atom is -0.295 e. The van der Waals surface area contributed by atoms with Crippen molar-refractivity contribution in [1.82, 2.24) is 4.90 Å². The summed E-state index contributed by atoms with van der Waals surface area (Å²) in [5, 5.41) is 0. The lowest BCUT2D eigenvalue weighted by Crippen LogP contribution is -2.32. The zero-order valence-corrected chi connectivity index (χ0v) is 13.0. The molecule has 0 atom stereocenters. The Kier molecular flexibility index (Phi) is 4.13. The van der Waals surface area contributed by atoms with Gasteiger partial charge in [0.1, 0.15) is 0 Å². The molecule has 0 radical (unpaired) electrons. The van der Waals surface area contributed by atoms with Crippen molar-refractivity contribution >= 4 is 15.6 Å². The SMILES string of the molecule is O=C(CN1CCCS(=O)(=O)CC1)c1ccc2c(c1)CCC2. The van der Waals surface area contributed by atoms with Crippen LogP contribution in [0.15, 0.2) is 18.2 Å². The number of aryl methyl sites for hydroxylation is 2. The average molecular weight is 307 g/mol. The van der Waals surface area contributed by atoms with E-state index in [0.29, 0.717) is 26.1 Å². The van der Waals surface area contributed by atoms with Gasteiger partial charge >= 0.3 is 0 Å². The largest absolute Gasteiger partial charge is 0.295 e. The lowest BCUT2D eigenvalue weighted by atomic mass is 10.0. The highest BCUT2D eigenvalue weighted by Gasteiger charge is 2.21. The molecule has 0 saturated carbocycles. The van der Waals surface area contributed by atoms with Gasteiger partial charge in [0.05, 0.1) is 18.1 Å². The fraction of sp³-hybridized carbons (Fsp3) is 0.562. The first-order valence-corrected chi connectivity index (χ1v) is 9.43. The maximum absolute atomic E-state index is 12.4. The van der Waals surface area contributed by atoms with Crippen molar-refractivity contribution in [2.75, 3.05) is 31.1 Å². The summed E-state index contributed by atoms with van der Waals surface area (Å²) in [4.78, 5) is 14.4. The minimum absolute atomic E-state index is 0.101. The fourth-order valence-corrected chi connectivity index (χ4v) is 4.50. The zero-order chi connectivity index (χ0) is 14.9. The summed E-state index contributed by atoms with van der Waals surface area (Å²) < 4.78 is 23.2. The van der Waals surface area contributed by atoms with Crippen LogP contribution < -0.4 is 0 Å². The van der Waals surface area contributed by atoms with E-state index in [2.05, 4.69) is 6.07 Å². The summed E-state index contributed by atoms with van der Waals surface area (Å²) in [6, 6.07) is 6.02. The van der Waals surface area contributed by atoms with Crippen LogP contribution in [0.1, 0.15) is 34.3 Å². The molecule has 4 nitrogen and oxygen atoms in total. The highest BCUT2D eigenvalue weighted by Crippen LogP contribution is 2.23. The molecule has 5 heteroatoms. The Morgan fingerprint density at radius 3 is 2.71 bits per heavy atom. The first kappa shape index (κ1) is 14.7. The van der Waals surface area contributed by atoms with Gasteiger partial charge in [-0.15, -0.1) is 0 Å². The lowest BCUT2D eigenvalue weighted by Gasteiger charge is -2.18. The molecule has 0 unspecified atom stereocenters. The van der Waals surface area contributed by atoms with E-state index in [9.17, 15) is 13.2 Å². The Balaban J connectivity index is 1.66. The summed E-state index contributed by atoms with van der Waals surface area (Å²) >= 11 is 0. The van der Waals surface area contributed by atoms with Gasteiger partial charge in [-0.25, -0.2) is 8.42 Å². The van der Waals surface area contributed by atoms with Crippen molar-refractivity contribution in [1.29, 1.82) is 0 Å². The van der Waals surface area contributed by atoms with Crippen LogP contribution in [0.4, 0.5) is 0 Å². The molecule has 0 bridgehead atoms. The molecule has 1 aromatic rings. The topological polar surface area (TPSA) is 54.5 Å². The standard InChI is InChI=1S/C16H21NO3S/c18-16(12-17-7-2-9-21(19,20)10-8-17)15-6-5-13-3-1-4-14(13)11-15/h5-6,11H,1-4,7-10,12H2. The zero-order valence-electron chi connectivity index (χ0n) is 12.2. The Morgan fingerprint density at radius 2 is 1.86 bits per heavy atom.